The quantitative estimate of drug-likeness (QED) is 0.355. The third-order valence-corrected chi connectivity index (χ3v) is 10.7. The summed E-state index contributed by atoms with van der Waals surface area (Å²) in [4.78, 5) is 4.13. The van der Waals surface area contributed by atoms with Gasteiger partial charge >= 0.3 is 0 Å². The highest BCUT2D eigenvalue weighted by atomic mass is 16.5. The molecule has 4 unspecified atom stereocenters. The van der Waals surface area contributed by atoms with E-state index >= 15 is 0 Å². The smallest absolute Gasteiger partial charge is 0.0763 e. The maximum Gasteiger partial charge on any atom is 0.0763 e. The highest BCUT2D eigenvalue weighted by molar-refractivity contribution is 5.84. The molecule has 2 fully saturated rings. The van der Waals surface area contributed by atoms with Crippen LogP contribution in [-0.2, 0) is 11.3 Å². The summed E-state index contributed by atoms with van der Waals surface area (Å²) in [5, 5.41) is 1.35. The summed E-state index contributed by atoms with van der Waals surface area (Å²) in [5.74, 6) is 2.41. The van der Waals surface area contributed by atoms with Gasteiger partial charge in [0, 0.05) is 29.7 Å². The molecule has 6 atom stereocenters. The zero-order valence-corrected chi connectivity index (χ0v) is 21.7. The fourth-order valence-corrected chi connectivity index (χ4v) is 8.72. The van der Waals surface area contributed by atoms with Crippen molar-refractivity contribution in [2.75, 3.05) is 0 Å². The minimum atomic E-state index is 0.258. The first kappa shape index (κ1) is 22.5. The van der Waals surface area contributed by atoms with Crippen LogP contribution >= 0.6 is 0 Å². The molecule has 186 valence electrons. The largest absolute Gasteiger partial charge is 0.369 e. The van der Waals surface area contributed by atoms with Gasteiger partial charge in [-0.05, 0) is 103 Å². The minimum Gasteiger partial charge on any atom is -0.369 e. The highest BCUT2D eigenvalue weighted by Crippen LogP contribution is 2.66. The Morgan fingerprint density at radius 2 is 1.78 bits per heavy atom. The fraction of sp³-hybridized carbons (Fsp3) is 0.485. The van der Waals surface area contributed by atoms with Gasteiger partial charge in [-0.25, -0.2) is 0 Å². The van der Waals surface area contributed by atoms with Gasteiger partial charge in [0.25, 0.3) is 0 Å². The number of fused-ring (bicyclic) bond motifs is 6. The Balaban J connectivity index is 1.11. The first-order valence-corrected chi connectivity index (χ1v) is 14.0. The van der Waals surface area contributed by atoms with Crippen molar-refractivity contribution in [1.29, 1.82) is 0 Å². The Morgan fingerprint density at radius 3 is 2.67 bits per heavy atom. The molecule has 0 amide bonds. The number of ether oxygens (including phenoxy) is 1. The van der Waals surface area contributed by atoms with Crippen molar-refractivity contribution in [3.8, 4) is 0 Å². The van der Waals surface area contributed by atoms with Crippen LogP contribution in [0.4, 0.5) is 0 Å². The number of hydrogen-bond donors (Lipinski definition) is 0. The van der Waals surface area contributed by atoms with E-state index in [1.54, 1.807) is 11.3 Å². The number of rotatable bonds is 4. The maximum absolute atomic E-state index is 6.36. The molecule has 7 rings (SSSR count). The summed E-state index contributed by atoms with van der Waals surface area (Å²) in [6.45, 7) is 5.86. The summed E-state index contributed by atoms with van der Waals surface area (Å²) in [6, 6.07) is 15.3. The minimum absolute atomic E-state index is 0.258. The van der Waals surface area contributed by atoms with Gasteiger partial charge in [0.1, 0.15) is 0 Å². The average molecular weight is 479 g/mol. The van der Waals surface area contributed by atoms with Crippen molar-refractivity contribution < 1.29 is 4.74 Å². The number of hydrogen-bond acceptors (Lipinski definition) is 2. The van der Waals surface area contributed by atoms with E-state index in [9.17, 15) is 0 Å². The molecule has 3 heteroatoms. The van der Waals surface area contributed by atoms with Gasteiger partial charge in [-0.3, -0.25) is 4.98 Å². The molecule has 0 radical (unpaired) electrons. The van der Waals surface area contributed by atoms with Crippen LogP contribution in [0.5, 0.6) is 0 Å². The summed E-state index contributed by atoms with van der Waals surface area (Å²) < 4.78 is 8.87. The molecule has 0 N–H and O–H groups in total. The van der Waals surface area contributed by atoms with Crippen molar-refractivity contribution in [2.24, 2.45) is 28.6 Å². The van der Waals surface area contributed by atoms with Gasteiger partial charge in [0.2, 0.25) is 0 Å². The summed E-state index contributed by atoms with van der Waals surface area (Å²) in [6.07, 6.45) is 20.3. The van der Waals surface area contributed by atoms with Crippen molar-refractivity contribution in [1.82, 2.24) is 9.55 Å². The predicted octanol–water partition coefficient (Wildman–Crippen LogP) is 8.04. The molecular formula is C33H38N2O. The van der Waals surface area contributed by atoms with E-state index in [1.807, 2.05) is 12.4 Å². The second-order valence-corrected chi connectivity index (χ2v) is 12.3. The number of para-hydroxylation sites is 1. The monoisotopic (exact) mass is 478 g/mol. The van der Waals surface area contributed by atoms with E-state index in [0.717, 1.165) is 24.2 Å². The number of allylic oxidation sites excluding steroid dienone is 3. The van der Waals surface area contributed by atoms with Gasteiger partial charge in [-0.1, -0.05) is 49.8 Å². The van der Waals surface area contributed by atoms with E-state index in [0.29, 0.717) is 12.0 Å². The molecule has 2 saturated carbocycles. The van der Waals surface area contributed by atoms with Gasteiger partial charge in [0.15, 0.2) is 0 Å². The molecule has 0 bridgehead atoms. The second-order valence-electron chi connectivity index (χ2n) is 12.3. The third-order valence-electron chi connectivity index (χ3n) is 10.7. The zero-order valence-electron chi connectivity index (χ0n) is 21.7. The number of benzene rings is 1. The van der Waals surface area contributed by atoms with E-state index < -0.39 is 0 Å². The third kappa shape index (κ3) is 3.39. The van der Waals surface area contributed by atoms with E-state index in [1.165, 1.54) is 55.0 Å². The molecule has 2 heterocycles. The molecule has 0 spiro atoms. The topological polar surface area (TPSA) is 27.1 Å². The lowest BCUT2D eigenvalue weighted by molar-refractivity contribution is -0.0366. The van der Waals surface area contributed by atoms with Gasteiger partial charge in [0.05, 0.1) is 18.2 Å². The lowest BCUT2D eigenvalue weighted by Gasteiger charge is -2.58. The standard InChI is InChI=1S/C33H38N2O/c1-32-16-11-26(36-22-23-13-18-34-19-14-23)21-25(32)7-8-27-28-9-10-31(33(28,2)17-12-29(27)32)35-20-15-24-5-3-4-6-30(24)35/h3-6,10,13-15,18-21,26-29H,7-9,11-12,16-17,22H2,1-2H3/t26?,27?,28?,29?,32-,33-/m0/s1. The Morgan fingerprint density at radius 1 is 0.944 bits per heavy atom. The Bertz CT molecular complexity index is 1340. The first-order chi connectivity index (χ1) is 17.6. The number of nitrogens with zero attached hydrogens (tertiary/aromatic N) is 2. The molecule has 0 aliphatic heterocycles. The van der Waals surface area contributed by atoms with Gasteiger partial charge < -0.3 is 9.30 Å². The highest BCUT2D eigenvalue weighted by Gasteiger charge is 2.57. The van der Waals surface area contributed by atoms with Crippen molar-refractivity contribution in [2.45, 2.75) is 71.5 Å². The average Bonchev–Trinajstić information content (AvgIpc) is 3.48. The molecule has 0 saturated heterocycles. The fourth-order valence-electron chi connectivity index (χ4n) is 8.72. The molecule has 3 nitrogen and oxygen atoms in total. The molecule has 1 aromatic carbocycles. The predicted molar refractivity (Wildman–Crippen MR) is 146 cm³/mol. The van der Waals surface area contributed by atoms with E-state index in [2.05, 4.69) is 84.2 Å². The summed E-state index contributed by atoms with van der Waals surface area (Å²) in [7, 11) is 0. The van der Waals surface area contributed by atoms with Crippen molar-refractivity contribution in [3.63, 3.8) is 0 Å². The number of aromatic nitrogens is 2. The van der Waals surface area contributed by atoms with E-state index in [-0.39, 0.29) is 11.5 Å². The van der Waals surface area contributed by atoms with Gasteiger partial charge in [-0.15, -0.1) is 0 Å². The SMILES string of the molecule is C[C@]12CCC(OCc3ccncc3)C=C1CCC1C2CC[C@]2(C)C(n3ccc4ccccc43)=CCC12. The lowest BCUT2D eigenvalue weighted by atomic mass is 9.47. The Labute approximate surface area is 215 Å². The molecule has 2 aromatic heterocycles. The normalized spacial score (nSPS) is 35.5. The van der Waals surface area contributed by atoms with Crippen LogP contribution in [0.25, 0.3) is 16.6 Å². The zero-order chi connectivity index (χ0) is 24.3. The van der Waals surface area contributed by atoms with Crippen LogP contribution in [0.2, 0.25) is 0 Å². The first-order valence-electron chi connectivity index (χ1n) is 14.0. The van der Waals surface area contributed by atoms with E-state index in [4.69, 9.17) is 4.74 Å². The Hall–Kier alpha value is -2.65. The lowest BCUT2D eigenvalue weighted by Crippen LogP contribution is -2.50. The van der Waals surface area contributed by atoms with Crippen LogP contribution < -0.4 is 0 Å². The van der Waals surface area contributed by atoms with Crippen molar-refractivity contribution >= 4 is 16.6 Å². The summed E-state index contributed by atoms with van der Waals surface area (Å²) >= 11 is 0. The molecule has 4 aliphatic rings. The van der Waals surface area contributed by atoms with Crippen LogP contribution in [-0.4, -0.2) is 15.7 Å². The van der Waals surface area contributed by atoms with Crippen LogP contribution in [0, 0.1) is 28.6 Å². The van der Waals surface area contributed by atoms with Gasteiger partial charge in [-0.2, -0.15) is 0 Å². The molecule has 4 aliphatic carbocycles. The maximum atomic E-state index is 6.36. The van der Waals surface area contributed by atoms with Crippen LogP contribution in [0.1, 0.15) is 64.4 Å². The molecule has 3 aromatic rings. The van der Waals surface area contributed by atoms with Crippen LogP contribution in [0.15, 0.2) is 78.8 Å². The van der Waals surface area contributed by atoms with Crippen LogP contribution in [0.3, 0.4) is 0 Å². The second kappa shape index (κ2) is 8.45. The Kier molecular flexibility index (Phi) is 5.29. The van der Waals surface area contributed by atoms with Crippen molar-refractivity contribution in [3.05, 3.63) is 84.3 Å². The molecular weight excluding hydrogens is 440 g/mol. The molecule has 36 heavy (non-hydrogen) atoms. The summed E-state index contributed by atoms with van der Waals surface area (Å²) in [5.41, 5.74) is 6.47. The number of pyridine rings is 1.